The molecule has 0 aliphatic heterocycles. The van der Waals surface area contributed by atoms with Crippen LogP contribution in [0, 0.1) is 6.92 Å². The van der Waals surface area contributed by atoms with Crippen LogP contribution in [0.1, 0.15) is 45.4 Å². The third-order valence-electron chi connectivity index (χ3n) is 4.51. The highest BCUT2D eigenvalue weighted by Gasteiger charge is 2.25. The molecule has 0 radical (unpaired) electrons. The van der Waals surface area contributed by atoms with Crippen molar-refractivity contribution < 1.29 is 4.79 Å². The second kappa shape index (κ2) is 5.86. The topological polar surface area (TPSA) is 59.8 Å². The lowest BCUT2D eigenvalue weighted by molar-refractivity contribution is 0.0932. The molecule has 24 heavy (non-hydrogen) atoms. The minimum absolute atomic E-state index is 0.0238. The summed E-state index contributed by atoms with van der Waals surface area (Å²) in [5.41, 5.74) is 3.39. The number of rotatable bonds is 2. The van der Waals surface area contributed by atoms with Gasteiger partial charge in [-0.25, -0.2) is 4.98 Å². The lowest BCUT2D eigenvalue weighted by Gasteiger charge is -2.23. The van der Waals surface area contributed by atoms with Gasteiger partial charge in [-0.05, 0) is 43.9 Å². The number of hydrogen-bond acceptors (Lipinski definition) is 4. The molecule has 0 bridgehead atoms. The largest absolute Gasteiger partial charge is 0.345 e. The monoisotopic (exact) mass is 360 g/mol. The quantitative estimate of drug-likeness (QED) is 0.756. The number of nitrogens with zero attached hydrogens (tertiary/aromatic N) is 3. The lowest BCUT2D eigenvalue weighted by atomic mass is 9.94. The average Bonchev–Trinajstić information content (AvgIpc) is 3.07. The van der Waals surface area contributed by atoms with E-state index in [9.17, 15) is 4.79 Å². The van der Waals surface area contributed by atoms with Crippen LogP contribution >= 0.6 is 22.9 Å². The van der Waals surface area contributed by atoms with E-state index in [1.807, 2.05) is 26.1 Å². The summed E-state index contributed by atoms with van der Waals surface area (Å²) < 4.78 is 2.52. The second-order valence-electron chi connectivity index (χ2n) is 6.15. The molecule has 0 aromatic carbocycles. The molecule has 1 N–H and O–H groups in total. The predicted molar refractivity (Wildman–Crippen MR) is 95.7 cm³/mol. The average molecular weight is 361 g/mol. The summed E-state index contributed by atoms with van der Waals surface area (Å²) in [6.45, 7) is 1.92. The van der Waals surface area contributed by atoms with Crippen molar-refractivity contribution >= 4 is 39.9 Å². The van der Waals surface area contributed by atoms with Gasteiger partial charge in [-0.15, -0.1) is 11.3 Å². The number of aryl methyl sites for hydroxylation is 3. The number of carbonyl (C=O) groups is 1. The van der Waals surface area contributed by atoms with Gasteiger partial charge in [-0.2, -0.15) is 5.10 Å². The molecule has 3 aromatic rings. The van der Waals surface area contributed by atoms with Crippen molar-refractivity contribution in [2.75, 3.05) is 0 Å². The molecule has 1 aliphatic carbocycles. The molecule has 0 saturated heterocycles. The fraction of sp³-hybridized carbons (Fsp3) is 0.353. The number of nitrogens with one attached hydrogen (secondary N) is 1. The summed E-state index contributed by atoms with van der Waals surface area (Å²) >= 11 is 7.76. The fourth-order valence-corrected chi connectivity index (χ4v) is 4.73. The number of carbonyl (C=O) groups excluding carboxylic acids is 1. The number of pyridine rings is 1. The number of halogens is 1. The maximum absolute atomic E-state index is 12.7. The number of fused-ring (bicyclic) bond motifs is 2. The van der Waals surface area contributed by atoms with Crippen molar-refractivity contribution in [3.05, 3.63) is 44.4 Å². The fourth-order valence-electron chi connectivity index (χ4n) is 3.34. The minimum atomic E-state index is -0.104. The second-order valence-corrected chi connectivity index (χ2v) is 7.92. The van der Waals surface area contributed by atoms with Gasteiger partial charge in [-0.1, -0.05) is 11.6 Å². The van der Waals surface area contributed by atoms with Crippen molar-refractivity contribution in [2.24, 2.45) is 7.05 Å². The van der Waals surface area contributed by atoms with Crippen molar-refractivity contribution in [3.63, 3.8) is 0 Å². The van der Waals surface area contributed by atoms with E-state index >= 15 is 0 Å². The third-order valence-corrected chi connectivity index (χ3v) is 5.85. The summed E-state index contributed by atoms with van der Waals surface area (Å²) in [6.07, 6.45) is 4.66. The summed E-state index contributed by atoms with van der Waals surface area (Å²) in [4.78, 5) is 18.4. The number of hydrogen-bond donors (Lipinski definition) is 1. The molecule has 4 rings (SSSR count). The van der Waals surface area contributed by atoms with Crippen LogP contribution < -0.4 is 5.32 Å². The van der Waals surface area contributed by atoms with E-state index in [-0.39, 0.29) is 11.9 Å². The molecular weight excluding hydrogens is 344 g/mol. The van der Waals surface area contributed by atoms with Gasteiger partial charge in [-0.3, -0.25) is 9.48 Å². The maximum Gasteiger partial charge on any atom is 0.253 e. The van der Waals surface area contributed by atoms with E-state index in [2.05, 4.69) is 15.4 Å². The molecule has 1 aliphatic rings. The molecule has 0 fully saturated rings. The Morgan fingerprint density at radius 2 is 2.29 bits per heavy atom. The van der Waals surface area contributed by atoms with Gasteiger partial charge in [0.1, 0.15) is 0 Å². The lowest BCUT2D eigenvalue weighted by Crippen LogP contribution is -2.30. The van der Waals surface area contributed by atoms with Crippen molar-refractivity contribution in [2.45, 2.75) is 32.2 Å². The molecule has 124 valence electrons. The normalized spacial score (nSPS) is 17.0. The molecule has 3 heterocycles. The number of aromatic nitrogens is 3. The highest BCUT2D eigenvalue weighted by molar-refractivity contribution is 7.16. The Labute approximate surface area is 148 Å². The Kier molecular flexibility index (Phi) is 3.81. The molecule has 1 atom stereocenters. The maximum atomic E-state index is 12.7. The Balaban J connectivity index is 1.62. The Morgan fingerprint density at radius 1 is 1.46 bits per heavy atom. The Morgan fingerprint density at radius 3 is 3.12 bits per heavy atom. The summed E-state index contributed by atoms with van der Waals surface area (Å²) in [7, 11) is 1.85. The van der Waals surface area contributed by atoms with Crippen LogP contribution in [-0.4, -0.2) is 20.7 Å². The molecule has 1 unspecified atom stereocenters. The highest BCUT2D eigenvalue weighted by atomic mass is 35.5. The smallest absolute Gasteiger partial charge is 0.253 e. The first-order chi connectivity index (χ1) is 11.5. The molecule has 3 aromatic heterocycles. The van der Waals surface area contributed by atoms with Crippen LogP contribution in [-0.2, 0) is 13.5 Å². The van der Waals surface area contributed by atoms with Gasteiger partial charge < -0.3 is 5.32 Å². The molecule has 1 amide bonds. The first kappa shape index (κ1) is 15.6. The van der Waals surface area contributed by atoms with E-state index in [4.69, 9.17) is 11.6 Å². The molecule has 7 heteroatoms. The molecular formula is C17H17ClN4OS. The first-order valence-corrected chi connectivity index (χ1v) is 9.10. The molecule has 0 spiro atoms. The van der Waals surface area contributed by atoms with Crippen molar-refractivity contribution in [3.8, 4) is 0 Å². The van der Waals surface area contributed by atoms with Crippen LogP contribution in [0.3, 0.4) is 0 Å². The van der Waals surface area contributed by atoms with E-state index in [1.165, 1.54) is 4.88 Å². The summed E-state index contributed by atoms with van der Waals surface area (Å²) in [5, 5.41) is 8.40. The van der Waals surface area contributed by atoms with Crippen LogP contribution in [0.4, 0.5) is 0 Å². The predicted octanol–water partition coefficient (Wildman–Crippen LogP) is 3.80. The zero-order valence-corrected chi connectivity index (χ0v) is 15.0. The SMILES string of the molecule is Cc1nn(C)c2ncc(C(=O)NC3CCCc4sc(Cl)cc43)cc12. The highest BCUT2D eigenvalue weighted by Crippen LogP contribution is 2.37. The van der Waals surface area contributed by atoms with E-state index < -0.39 is 0 Å². The van der Waals surface area contributed by atoms with Gasteiger partial charge >= 0.3 is 0 Å². The van der Waals surface area contributed by atoms with Gasteiger partial charge in [0.2, 0.25) is 0 Å². The van der Waals surface area contributed by atoms with Crippen LogP contribution in [0.25, 0.3) is 11.0 Å². The summed E-state index contributed by atoms with van der Waals surface area (Å²) in [5.74, 6) is -0.104. The minimum Gasteiger partial charge on any atom is -0.345 e. The van der Waals surface area contributed by atoms with Gasteiger partial charge in [0.05, 0.1) is 21.6 Å². The molecule has 5 nitrogen and oxygen atoms in total. The molecule has 0 saturated carbocycles. The zero-order valence-electron chi connectivity index (χ0n) is 13.5. The number of thiophene rings is 1. The van der Waals surface area contributed by atoms with Crippen molar-refractivity contribution in [1.82, 2.24) is 20.1 Å². The van der Waals surface area contributed by atoms with Crippen molar-refractivity contribution in [1.29, 1.82) is 0 Å². The zero-order chi connectivity index (χ0) is 16.8. The van der Waals surface area contributed by atoms with Gasteiger partial charge in [0, 0.05) is 23.5 Å². The van der Waals surface area contributed by atoms with E-state index in [1.54, 1.807) is 22.2 Å². The van der Waals surface area contributed by atoms with Crippen LogP contribution in [0.5, 0.6) is 0 Å². The van der Waals surface area contributed by atoms with Gasteiger partial charge in [0.25, 0.3) is 5.91 Å². The Hall–Kier alpha value is -1.92. The Bertz CT molecular complexity index is 946. The van der Waals surface area contributed by atoms with Gasteiger partial charge in [0.15, 0.2) is 5.65 Å². The van der Waals surface area contributed by atoms with Crippen LogP contribution in [0.2, 0.25) is 4.34 Å². The standard InChI is InChI=1S/C17H17ClN4OS/c1-9-11-6-10(8-19-16(11)22(2)21-9)17(23)20-13-4-3-5-14-12(13)7-15(18)24-14/h6-8,13H,3-5H2,1-2H3,(H,20,23). The van der Waals surface area contributed by atoms with Crippen LogP contribution in [0.15, 0.2) is 18.3 Å². The first-order valence-electron chi connectivity index (χ1n) is 7.91. The summed E-state index contributed by atoms with van der Waals surface area (Å²) in [6, 6.07) is 3.87. The third kappa shape index (κ3) is 2.59. The number of amides is 1. The van der Waals surface area contributed by atoms with E-state index in [0.29, 0.717) is 5.56 Å². The van der Waals surface area contributed by atoms with E-state index in [0.717, 1.165) is 45.9 Å².